The molecule has 0 aliphatic carbocycles. The number of methoxy groups -OCH3 is 1. The Bertz CT molecular complexity index is 653. The Balaban J connectivity index is 1.70. The molecule has 0 spiro atoms. The van der Waals surface area contributed by atoms with Gasteiger partial charge in [-0.05, 0) is 31.2 Å². The maximum absolute atomic E-state index is 12.8. The van der Waals surface area contributed by atoms with Crippen molar-refractivity contribution in [2.45, 2.75) is 20.3 Å². The summed E-state index contributed by atoms with van der Waals surface area (Å²) in [5.74, 6) is 0.516. The van der Waals surface area contributed by atoms with Crippen LogP contribution in [0.5, 0.6) is 5.75 Å². The Hall–Kier alpha value is -2.08. The highest BCUT2D eigenvalue weighted by Gasteiger charge is 2.38. The van der Waals surface area contributed by atoms with E-state index in [1.807, 2.05) is 30.0 Å². The summed E-state index contributed by atoms with van der Waals surface area (Å²) in [7, 11) is 1.60. The Morgan fingerprint density at radius 2 is 1.96 bits per heavy atom. The Labute approximate surface area is 149 Å². The van der Waals surface area contributed by atoms with Gasteiger partial charge in [-0.1, -0.05) is 13.0 Å². The lowest BCUT2D eigenvalue weighted by atomic mass is 10.1. The molecular weight excluding hydrogens is 318 g/mol. The van der Waals surface area contributed by atoms with E-state index in [9.17, 15) is 9.59 Å². The molecule has 1 aromatic rings. The van der Waals surface area contributed by atoms with E-state index in [-0.39, 0.29) is 24.2 Å². The number of rotatable bonds is 4. The second kappa shape index (κ2) is 7.44. The molecule has 2 amide bonds. The van der Waals surface area contributed by atoms with E-state index in [2.05, 4.69) is 11.8 Å². The molecule has 0 bridgehead atoms. The molecule has 1 atom stereocenters. The van der Waals surface area contributed by atoms with Gasteiger partial charge in [-0.2, -0.15) is 0 Å². The molecule has 0 aromatic heterocycles. The third-order valence-electron chi connectivity index (χ3n) is 5.23. The second-order valence-electron chi connectivity index (χ2n) is 6.84. The van der Waals surface area contributed by atoms with Gasteiger partial charge in [-0.15, -0.1) is 0 Å². The fraction of sp³-hybridized carbons (Fsp3) is 0.579. The Kier molecular flexibility index (Phi) is 5.27. The zero-order chi connectivity index (χ0) is 18.0. The SMILES string of the molecule is CCN1CCN(C(=O)C2CC(=O)N(c3cc(C)ccc3OC)C2)CC1. The van der Waals surface area contributed by atoms with Crippen LogP contribution in [-0.2, 0) is 9.59 Å². The number of carbonyl (C=O) groups excluding carboxylic acids is 2. The Morgan fingerprint density at radius 1 is 1.24 bits per heavy atom. The minimum absolute atomic E-state index is 0.00514. The van der Waals surface area contributed by atoms with Crippen LogP contribution in [0, 0.1) is 12.8 Å². The van der Waals surface area contributed by atoms with Crippen molar-refractivity contribution in [3.8, 4) is 5.75 Å². The summed E-state index contributed by atoms with van der Waals surface area (Å²) in [6.45, 7) is 8.92. The summed E-state index contributed by atoms with van der Waals surface area (Å²) in [6, 6.07) is 5.78. The number of nitrogens with zero attached hydrogens (tertiary/aromatic N) is 3. The zero-order valence-electron chi connectivity index (χ0n) is 15.3. The zero-order valence-corrected chi connectivity index (χ0v) is 15.3. The molecule has 136 valence electrons. The lowest BCUT2D eigenvalue weighted by molar-refractivity contribution is -0.137. The first-order chi connectivity index (χ1) is 12.0. The molecule has 6 nitrogen and oxygen atoms in total. The van der Waals surface area contributed by atoms with Crippen molar-refractivity contribution in [1.29, 1.82) is 0 Å². The molecule has 2 heterocycles. The second-order valence-corrected chi connectivity index (χ2v) is 6.84. The summed E-state index contributed by atoms with van der Waals surface area (Å²) in [4.78, 5) is 31.3. The van der Waals surface area contributed by atoms with Gasteiger partial charge in [-0.25, -0.2) is 0 Å². The minimum Gasteiger partial charge on any atom is -0.495 e. The molecule has 2 saturated heterocycles. The molecule has 0 saturated carbocycles. The number of piperazine rings is 1. The normalized spacial score (nSPS) is 21.7. The van der Waals surface area contributed by atoms with Crippen LogP contribution in [0.25, 0.3) is 0 Å². The van der Waals surface area contributed by atoms with E-state index in [0.717, 1.165) is 44.0 Å². The van der Waals surface area contributed by atoms with Crippen molar-refractivity contribution >= 4 is 17.5 Å². The highest BCUT2D eigenvalue weighted by Crippen LogP contribution is 2.34. The number of carbonyl (C=O) groups is 2. The summed E-state index contributed by atoms with van der Waals surface area (Å²) in [5.41, 5.74) is 1.83. The predicted molar refractivity (Wildman–Crippen MR) is 96.9 cm³/mol. The molecule has 0 radical (unpaired) electrons. The third kappa shape index (κ3) is 3.63. The van der Waals surface area contributed by atoms with Crippen LogP contribution in [0.1, 0.15) is 18.9 Å². The van der Waals surface area contributed by atoms with Gasteiger partial charge >= 0.3 is 0 Å². The smallest absolute Gasteiger partial charge is 0.228 e. The minimum atomic E-state index is -0.258. The predicted octanol–water partition coefficient (Wildman–Crippen LogP) is 1.52. The molecule has 6 heteroatoms. The summed E-state index contributed by atoms with van der Waals surface area (Å²) in [5, 5.41) is 0. The van der Waals surface area contributed by atoms with Gasteiger partial charge in [-0.3, -0.25) is 9.59 Å². The molecule has 25 heavy (non-hydrogen) atoms. The number of benzene rings is 1. The van der Waals surface area contributed by atoms with Crippen molar-refractivity contribution in [2.75, 3.05) is 51.3 Å². The highest BCUT2D eigenvalue weighted by atomic mass is 16.5. The summed E-state index contributed by atoms with van der Waals surface area (Å²) in [6.07, 6.45) is 0.282. The van der Waals surface area contributed by atoms with Gasteiger partial charge in [0.2, 0.25) is 11.8 Å². The van der Waals surface area contributed by atoms with E-state index in [1.165, 1.54) is 0 Å². The number of aryl methyl sites for hydroxylation is 1. The quantitative estimate of drug-likeness (QED) is 0.830. The molecule has 0 N–H and O–H groups in total. The van der Waals surface area contributed by atoms with Gasteiger partial charge in [0.15, 0.2) is 0 Å². The summed E-state index contributed by atoms with van der Waals surface area (Å²) >= 11 is 0. The number of ether oxygens (including phenoxy) is 1. The summed E-state index contributed by atoms with van der Waals surface area (Å²) < 4.78 is 5.40. The van der Waals surface area contributed by atoms with Gasteiger partial charge in [0.25, 0.3) is 0 Å². The maximum Gasteiger partial charge on any atom is 0.228 e. The molecular formula is C19H27N3O3. The van der Waals surface area contributed by atoms with E-state index in [4.69, 9.17) is 4.74 Å². The molecule has 2 aliphatic rings. The van der Waals surface area contributed by atoms with Crippen LogP contribution >= 0.6 is 0 Å². The van der Waals surface area contributed by atoms with Crippen LogP contribution in [0.4, 0.5) is 5.69 Å². The molecule has 2 aliphatic heterocycles. The highest BCUT2D eigenvalue weighted by molar-refractivity contribution is 6.01. The molecule has 1 aromatic carbocycles. The van der Waals surface area contributed by atoms with Gasteiger partial charge in [0.05, 0.1) is 18.7 Å². The largest absolute Gasteiger partial charge is 0.495 e. The number of amides is 2. The van der Waals surface area contributed by atoms with Crippen LogP contribution in [0.15, 0.2) is 18.2 Å². The maximum atomic E-state index is 12.8. The lowest BCUT2D eigenvalue weighted by Gasteiger charge is -2.35. The average molecular weight is 345 g/mol. The lowest BCUT2D eigenvalue weighted by Crippen LogP contribution is -2.50. The molecule has 2 fully saturated rings. The first-order valence-electron chi connectivity index (χ1n) is 8.99. The molecule has 3 rings (SSSR count). The topological polar surface area (TPSA) is 53.1 Å². The first-order valence-corrected chi connectivity index (χ1v) is 8.99. The van der Waals surface area contributed by atoms with E-state index >= 15 is 0 Å². The number of likely N-dealkylation sites (N-methyl/N-ethyl adjacent to an activating group) is 1. The van der Waals surface area contributed by atoms with E-state index in [0.29, 0.717) is 12.3 Å². The van der Waals surface area contributed by atoms with E-state index < -0.39 is 0 Å². The average Bonchev–Trinajstić information content (AvgIpc) is 3.02. The standard InChI is InChI=1S/C19H27N3O3/c1-4-20-7-9-21(10-8-20)19(24)15-12-18(23)22(13-15)16-11-14(2)5-6-17(16)25-3/h5-6,11,15H,4,7-10,12-13H2,1-3H3. The molecule has 1 unspecified atom stereocenters. The van der Waals surface area contributed by atoms with Crippen molar-refractivity contribution in [3.63, 3.8) is 0 Å². The van der Waals surface area contributed by atoms with Gasteiger partial charge < -0.3 is 19.4 Å². The van der Waals surface area contributed by atoms with E-state index in [1.54, 1.807) is 12.0 Å². The van der Waals surface area contributed by atoms with Crippen molar-refractivity contribution in [3.05, 3.63) is 23.8 Å². The van der Waals surface area contributed by atoms with Crippen LogP contribution in [0.3, 0.4) is 0 Å². The van der Waals surface area contributed by atoms with Crippen LogP contribution in [0.2, 0.25) is 0 Å². The fourth-order valence-electron chi connectivity index (χ4n) is 3.66. The van der Waals surface area contributed by atoms with Crippen molar-refractivity contribution in [1.82, 2.24) is 9.80 Å². The monoisotopic (exact) mass is 345 g/mol. The number of hydrogen-bond acceptors (Lipinski definition) is 4. The van der Waals surface area contributed by atoms with Crippen molar-refractivity contribution < 1.29 is 14.3 Å². The van der Waals surface area contributed by atoms with Gasteiger partial charge in [0, 0.05) is 39.1 Å². The van der Waals surface area contributed by atoms with Crippen LogP contribution in [-0.4, -0.2) is 68.0 Å². The van der Waals surface area contributed by atoms with Gasteiger partial charge in [0.1, 0.15) is 5.75 Å². The third-order valence-corrected chi connectivity index (χ3v) is 5.23. The number of hydrogen-bond donors (Lipinski definition) is 0. The number of anilines is 1. The van der Waals surface area contributed by atoms with Crippen molar-refractivity contribution in [2.24, 2.45) is 5.92 Å². The first kappa shape index (κ1) is 17.7. The Morgan fingerprint density at radius 3 is 2.60 bits per heavy atom. The fourth-order valence-corrected chi connectivity index (χ4v) is 3.66. The van der Waals surface area contributed by atoms with Crippen LogP contribution < -0.4 is 9.64 Å².